The SMILES string of the molecule is Nc1ccc(Br)c(NC(=O)Cc2cccc(Br)c2)c1. The van der Waals surface area contributed by atoms with Crippen LogP contribution in [0.1, 0.15) is 5.56 Å². The Morgan fingerprint density at radius 1 is 1.16 bits per heavy atom. The van der Waals surface area contributed by atoms with Gasteiger partial charge in [-0.15, -0.1) is 0 Å². The maximum atomic E-state index is 12.0. The van der Waals surface area contributed by atoms with Crippen molar-refractivity contribution in [3.63, 3.8) is 0 Å². The minimum Gasteiger partial charge on any atom is -0.399 e. The van der Waals surface area contributed by atoms with Crippen LogP contribution in [0.3, 0.4) is 0 Å². The van der Waals surface area contributed by atoms with Crippen LogP contribution in [0, 0.1) is 0 Å². The van der Waals surface area contributed by atoms with E-state index in [0.29, 0.717) is 17.8 Å². The monoisotopic (exact) mass is 382 g/mol. The fourth-order valence-electron chi connectivity index (χ4n) is 1.67. The van der Waals surface area contributed by atoms with Crippen molar-refractivity contribution in [3.05, 3.63) is 57.0 Å². The Morgan fingerprint density at radius 2 is 1.95 bits per heavy atom. The molecular weight excluding hydrogens is 372 g/mol. The number of rotatable bonds is 3. The van der Waals surface area contributed by atoms with Gasteiger partial charge in [-0.2, -0.15) is 0 Å². The lowest BCUT2D eigenvalue weighted by Crippen LogP contribution is -2.14. The number of carbonyl (C=O) groups excluding carboxylic acids is 1. The maximum absolute atomic E-state index is 12.0. The molecule has 0 spiro atoms. The molecule has 19 heavy (non-hydrogen) atoms. The predicted octanol–water partition coefficient (Wildman–Crippen LogP) is 3.98. The van der Waals surface area contributed by atoms with Crippen molar-refractivity contribution >= 4 is 49.1 Å². The summed E-state index contributed by atoms with van der Waals surface area (Å²) in [5.74, 6) is -0.0793. The van der Waals surface area contributed by atoms with Gasteiger partial charge in [-0.05, 0) is 51.8 Å². The number of hydrogen-bond donors (Lipinski definition) is 2. The summed E-state index contributed by atoms with van der Waals surface area (Å²) in [6.07, 6.45) is 0.320. The molecule has 5 heteroatoms. The van der Waals surface area contributed by atoms with E-state index in [9.17, 15) is 4.79 Å². The summed E-state index contributed by atoms with van der Waals surface area (Å²) in [5, 5.41) is 2.84. The highest BCUT2D eigenvalue weighted by Gasteiger charge is 2.07. The standard InChI is InChI=1S/C14H12Br2N2O/c15-10-3-1-2-9(6-10)7-14(19)18-13-8-11(17)4-5-12(13)16/h1-6,8H,7,17H2,(H,18,19). The number of benzene rings is 2. The van der Waals surface area contributed by atoms with Crippen molar-refractivity contribution < 1.29 is 4.79 Å². The first-order valence-corrected chi connectivity index (χ1v) is 7.22. The van der Waals surface area contributed by atoms with Crippen molar-refractivity contribution in [2.45, 2.75) is 6.42 Å². The Labute approximate surface area is 128 Å². The third-order valence-electron chi connectivity index (χ3n) is 2.52. The fourth-order valence-corrected chi connectivity index (χ4v) is 2.46. The Kier molecular flexibility index (Phi) is 4.61. The predicted molar refractivity (Wildman–Crippen MR) is 85.0 cm³/mol. The summed E-state index contributed by atoms with van der Waals surface area (Å²) in [7, 11) is 0. The van der Waals surface area contributed by atoms with E-state index in [1.807, 2.05) is 30.3 Å². The Balaban J connectivity index is 2.07. The van der Waals surface area contributed by atoms with Crippen LogP contribution in [-0.2, 0) is 11.2 Å². The molecule has 0 saturated carbocycles. The minimum atomic E-state index is -0.0793. The number of carbonyl (C=O) groups is 1. The molecule has 2 aromatic rings. The van der Waals surface area contributed by atoms with Gasteiger partial charge in [0.25, 0.3) is 0 Å². The lowest BCUT2D eigenvalue weighted by molar-refractivity contribution is -0.115. The number of amides is 1. The molecule has 0 unspecified atom stereocenters. The van der Waals surface area contributed by atoms with E-state index in [1.165, 1.54) is 0 Å². The van der Waals surface area contributed by atoms with Crippen LogP contribution in [0.15, 0.2) is 51.4 Å². The molecule has 0 saturated heterocycles. The Hall–Kier alpha value is -1.33. The van der Waals surface area contributed by atoms with Crippen LogP contribution in [0.25, 0.3) is 0 Å². The summed E-state index contributed by atoms with van der Waals surface area (Å²) in [5.41, 5.74) is 7.94. The molecule has 0 aromatic heterocycles. The summed E-state index contributed by atoms with van der Waals surface area (Å²) >= 11 is 6.76. The van der Waals surface area contributed by atoms with Crippen molar-refractivity contribution in [1.82, 2.24) is 0 Å². The quantitative estimate of drug-likeness (QED) is 0.787. The van der Waals surface area contributed by atoms with Gasteiger partial charge in [0, 0.05) is 14.6 Å². The first kappa shape index (κ1) is 14.1. The van der Waals surface area contributed by atoms with Gasteiger partial charge in [-0.3, -0.25) is 4.79 Å². The average Bonchev–Trinajstić information content (AvgIpc) is 2.34. The second-order valence-electron chi connectivity index (χ2n) is 4.09. The molecule has 0 atom stereocenters. The molecule has 98 valence electrons. The molecule has 0 bridgehead atoms. The summed E-state index contributed by atoms with van der Waals surface area (Å²) in [6, 6.07) is 13.0. The maximum Gasteiger partial charge on any atom is 0.228 e. The van der Waals surface area contributed by atoms with Gasteiger partial charge in [0.2, 0.25) is 5.91 Å². The van der Waals surface area contributed by atoms with E-state index in [-0.39, 0.29) is 5.91 Å². The highest BCUT2D eigenvalue weighted by molar-refractivity contribution is 9.10. The third kappa shape index (κ3) is 4.08. The van der Waals surface area contributed by atoms with Crippen molar-refractivity contribution in [1.29, 1.82) is 0 Å². The van der Waals surface area contributed by atoms with Crippen LogP contribution in [0.4, 0.5) is 11.4 Å². The molecule has 3 nitrogen and oxygen atoms in total. The fraction of sp³-hybridized carbons (Fsp3) is 0.0714. The smallest absolute Gasteiger partial charge is 0.228 e. The van der Waals surface area contributed by atoms with E-state index in [4.69, 9.17) is 5.73 Å². The van der Waals surface area contributed by atoms with E-state index >= 15 is 0 Å². The molecule has 0 radical (unpaired) electrons. The zero-order chi connectivity index (χ0) is 13.8. The molecular formula is C14H12Br2N2O. The molecule has 0 aliphatic rings. The van der Waals surface area contributed by atoms with Crippen molar-refractivity contribution in [2.75, 3.05) is 11.1 Å². The molecule has 1 amide bonds. The number of halogens is 2. The zero-order valence-electron chi connectivity index (χ0n) is 9.99. The summed E-state index contributed by atoms with van der Waals surface area (Å²) in [6.45, 7) is 0. The molecule has 0 fully saturated rings. The topological polar surface area (TPSA) is 55.1 Å². The third-order valence-corrected chi connectivity index (χ3v) is 3.70. The van der Waals surface area contributed by atoms with Gasteiger partial charge in [-0.25, -0.2) is 0 Å². The second-order valence-corrected chi connectivity index (χ2v) is 5.86. The van der Waals surface area contributed by atoms with Crippen molar-refractivity contribution in [3.8, 4) is 0 Å². The van der Waals surface area contributed by atoms with Crippen LogP contribution >= 0.6 is 31.9 Å². The summed E-state index contributed by atoms with van der Waals surface area (Å²) in [4.78, 5) is 12.0. The number of nitrogens with two attached hydrogens (primary N) is 1. The molecule has 3 N–H and O–H groups in total. The lowest BCUT2D eigenvalue weighted by atomic mass is 10.1. The van der Waals surface area contributed by atoms with Gasteiger partial charge >= 0.3 is 0 Å². The number of nitrogens with one attached hydrogen (secondary N) is 1. The largest absolute Gasteiger partial charge is 0.399 e. The number of anilines is 2. The van der Waals surface area contributed by atoms with Crippen LogP contribution in [0.5, 0.6) is 0 Å². The van der Waals surface area contributed by atoms with E-state index in [0.717, 1.165) is 14.5 Å². The van der Waals surface area contributed by atoms with Gasteiger partial charge in [0.05, 0.1) is 12.1 Å². The highest BCUT2D eigenvalue weighted by atomic mass is 79.9. The minimum absolute atomic E-state index is 0.0793. The molecule has 0 heterocycles. The molecule has 2 rings (SSSR count). The van der Waals surface area contributed by atoms with E-state index in [1.54, 1.807) is 12.1 Å². The second kappa shape index (κ2) is 6.21. The molecule has 0 aliphatic carbocycles. The molecule has 0 aliphatic heterocycles. The first-order valence-electron chi connectivity index (χ1n) is 5.64. The Bertz CT molecular complexity index is 614. The average molecular weight is 384 g/mol. The zero-order valence-corrected chi connectivity index (χ0v) is 13.2. The normalized spacial score (nSPS) is 10.2. The van der Waals surface area contributed by atoms with Gasteiger partial charge < -0.3 is 11.1 Å². The van der Waals surface area contributed by atoms with E-state index in [2.05, 4.69) is 37.2 Å². The van der Waals surface area contributed by atoms with E-state index < -0.39 is 0 Å². The van der Waals surface area contributed by atoms with Crippen LogP contribution in [-0.4, -0.2) is 5.91 Å². The summed E-state index contributed by atoms with van der Waals surface area (Å²) < 4.78 is 1.77. The first-order chi connectivity index (χ1) is 9.04. The number of hydrogen-bond acceptors (Lipinski definition) is 2. The van der Waals surface area contributed by atoms with Gasteiger partial charge in [0.15, 0.2) is 0 Å². The van der Waals surface area contributed by atoms with Gasteiger partial charge in [-0.1, -0.05) is 28.1 Å². The lowest BCUT2D eigenvalue weighted by Gasteiger charge is -2.08. The van der Waals surface area contributed by atoms with Crippen LogP contribution < -0.4 is 11.1 Å². The molecule has 2 aromatic carbocycles. The number of nitrogen functional groups attached to an aromatic ring is 1. The van der Waals surface area contributed by atoms with Gasteiger partial charge in [0.1, 0.15) is 0 Å². The van der Waals surface area contributed by atoms with Crippen LogP contribution in [0.2, 0.25) is 0 Å². The highest BCUT2D eigenvalue weighted by Crippen LogP contribution is 2.24. The van der Waals surface area contributed by atoms with Crippen molar-refractivity contribution in [2.24, 2.45) is 0 Å². The Morgan fingerprint density at radius 3 is 2.68 bits per heavy atom.